The van der Waals surface area contributed by atoms with Crippen LogP contribution in [0.1, 0.15) is 11.1 Å². The van der Waals surface area contributed by atoms with Crippen molar-refractivity contribution in [2.45, 2.75) is 0 Å². The number of nitrogens with zero attached hydrogens (tertiary/aromatic N) is 3. The van der Waals surface area contributed by atoms with Gasteiger partial charge in [-0.05, 0) is 23.8 Å². The van der Waals surface area contributed by atoms with Crippen LogP contribution in [0, 0.1) is 0 Å². The second-order valence-electron chi connectivity index (χ2n) is 5.45. The molecule has 0 saturated heterocycles. The van der Waals surface area contributed by atoms with E-state index < -0.39 is 0 Å². The Morgan fingerprint density at radius 2 is 1.88 bits per heavy atom. The van der Waals surface area contributed by atoms with E-state index in [2.05, 4.69) is 9.98 Å². The lowest BCUT2D eigenvalue weighted by molar-refractivity contribution is -0.113. The molecule has 4 nitrogen and oxygen atoms in total. The minimum absolute atomic E-state index is 0.246. The highest BCUT2D eigenvalue weighted by molar-refractivity contribution is 7.14. The highest BCUT2D eigenvalue weighted by Gasteiger charge is 2.34. The fraction of sp³-hybridized carbons (Fsp3) is 0. The lowest BCUT2D eigenvalue weighted by Gasteiger charge is -2.14. The van der Waals surface area contributed by atoms with Gasteiger partial charge in [0.2, 0.25) is 0 Å². The zero-order valence-electron chi connectivity index (χ0n) is 13.3. The van der Waals surface area contributed by atoms with Crippen molar-refractivity contribution in [1.82, 2.24) is 4.98 Å². The number of carbonyl (C=O) groups excluding carboxylic acids is 1. The summed E-state index contributed by atoms with van der Waals surface area (Å²) in [5.41, 5.74) is 1.81. The van der Waals surface area contributed by atoms with Crippen LogP contribution in [0.4, 0.5) is 5.13 Å². The predicted molar refractivity (Wildman–Crippen MR) is 107 cm³/mol. The zero-order chi connectivity index (χ0) is 18.1. The van der Waals surface area contributed by atoms with E-state index in [1.807, 2.05) is 35.7 Å². The summed E-state index contributed by atoms with van der Waals surface area (Å²) in [6.07, 6.45) is 3.32. The molecule has 128 valence electrons. The van der Waals surface area contributed by atoms with Crippen molar-refractivity contribution in [1.29, 1.82) is 0 Å². The van der Waals surface area contributed by atoms with E-state index in [0.29, 0.717) is 32.3 Å². The Bertz CT molecular complexity index is 1030. The van der Waals surface area contributed by atoms with Crippen molar-refractivity contribution in [3.05, 3.63) is 87.0 Å². The molecule has 0 bridgehead atoms. The van der Waals surface area contributed by atoms with Crippen LogP contribution in [-0.2, 0) is 4.79 Å². The average molecular weight is 400 g/mol. The number of amidine groups is 1. The maximum absolute atomic E-state index is 13.0. The zero-order valence-corrected chi connectivity index (χ0v) is 15.6. The number of halogens is 2. The van der Waals surface area contributed by atoms with Crippen molar-refractivity contribution >= 4 is 57.5 Å². The fourth-order valence-corrected chi connectivity index (χ4v) is 3.67. The first-order chi connectivity index (χ1) is 12.6. The monoisotopic (exact) mass is 399 g/mol. The number of carbonyl (C=O) groups is 1. The fourth-order valence-electron chi connectivity index (χ4n) is 2.57. The van der Waals surface area contributed by atoms with Crippen LogP contribution in [0.2, 0.25) is 10.0 Å². The number of benzene rings is 2. The highest BCUT2D eigenvalue weighted by Crippen LogP contribution is 2.30. The van der Waals surface area contributed by atoms with Gasteiger partial charge in [-0.1, -0.05) is 59.6 Å². The van der Waals surface area contributed by atoms with E-state index in [9.17, 15) is 4.79 Å². The van der Waals surface area contributed by atoms with Gasteiger partial charge >= 0.3 is 0 Å². The maximum Gasteiger partial charge on any atom is 0.284 e. The third kappa shape index (κ3) is 3.17. The molecule has 0 aliphatic carbocycles. The summed E-state index contributed by atoms with van der Waals surface area (Å²) in [5.74, 6) is 0.298. The second kappa shape index (κ2) is 7.03. The molecule has 0 fully saturated rings. The van der Waals surface area contributed by atoms with Gasteiger partial charge in [0.05, 0.1) is 0 Å². The summed E-state index contributed by atoms with van der Waals surface area (Å²) in [6.45, 7) is 0. The van der Waals surface area contributed by atoms with Crippen molar-refractivity contribution in [3.63, 3.8) is 0 Å². The molecule has 0 atom stereocenters. The number of rotatable bonds is 3. The number of anilines is 1. The normalized spacial score (nSPS) is 15.6. The van der Waals surface area contributed by atoms with Gasteiger partial charge in [0, 0.05) is 27.2 Å². The third-order valence-corrected chi connectivity index (χ3v) is 5.08. The van der Waals surface area contributed by atoms with Gasteiger partial charge in [-0.25, -0.2) is 14.9 Å². The van der Waals surface area contributed by atoms with E-state index in [0.717, 1.165) is 5.56 Å². The molecule has 4 rings (SSSR count). The number of aliphatic imine (C=N–C) groups is 1. The first-order valence-corrected chi connectivity index (χ1v) is 9.32. The van der Waals surface area contributed by atoms with Gasteiger partial charge in [0.25, 0.3) is 5.91 Å². The third-order valence-electron chi connectivity index (χ3n) is 3.76. The molecule has 1 aromatic heterocycles. The Kier molecular flexibility index (Phi) is 4.59. The van der Waals surface area contributed by atoms with E-state index in [4.69, 9.17) is 23.2 Å². The number of hydrogen-bond donors (Lipinski definition) is 0. The number of amides is 1. The molecule has 2 aromatic carbocycles. The van der Waals surface area contributed by atoms with E-state index in [1.165, 1.54) is 16.2 Å². The first-order valence-electron chi connectivity index (χ1n) is 7.68. The molecule has 0 unspecified atom stereocenters. The summed E-state index contributed by atoms with van der Waals surface area (Å²) in [4.78, 5) is 23.4. The van der Waals surface area contributed by atoms with E-state index >= 15 is 0 Å². The average Bonchev–Trinajstić information content (AvgIpc) is 3.26. The van der Waals surface area contributed by atoms with Gasteiger partial charge in [0.15, 0.2) is 5.13 Å². The van der Waals surface area contributed by atoms with Crippen molar-refractivity contribution in [2.24, 2.45) is 4.99 Å². The van der Waals surface area contributed by atoms with Crippen LogP contribution in [-0.4, -0.2) is 16.7 Å². The second-order valence-corrected chi connectivity index (χ2v) is 7.17. The molecule has 1 aliphatic rings. The molecular weight excluding hydrogens is 389 g/mol. The molecule has 3 aromatic rings. The van der Waals surface area contributed by atoms with Crippen molar-refractivity contribution < 1.29 is 4.79 Å². The summed E-state index contributed by atoms with van der Waals surface area (Å²) in [5, 5.41) is 3.39. The van der Waals surface area contributed by atoms with Crippen LogP contribution < -0.4 is 4.90 Å². The van der Waals surface area contributed by atoms with Crippen molar-refractivity contribution in [3.8, 4) is 0 Å². The van der Waals surface area contributed by atoms with Gasteiger partial charge in [0.1, 0.15) is 11.5 Å². The number of hydrogen-bond acceptors (Lipinski definition) is 4. The Labute approximate surface area is 164 Å². The molecule has 2 heterocycles. The van der Waals surface area contributed by atoms with E-state index in [-0.39, 0.29) is 5.91 Å². The first kappa shape index (κ1) is 17.0. The highest BCUT2D eigenvalue weighted by atomic mass is 35.5. The van der Waals surface area contributed by atoms with Crippen LogP contribution in [0.3, 0.4) is 0 Å². The molecule has 1 amide bonds. The van der Waals surface area contributed by atoms with E-state index in [1.54, 1.807) is 30.5 Å². The Balaban J connectivity index is 1.82. The quantitative estimate of drug-likeness (QED) is 0.562. The van der Waals surface area contributed by atoms with Crippen LogP contribution in [0.15, 0.2) is 70.8 Å². The Morgan fingerprint density at radius 1 is 1.08 bits per heavy atom. The predicted octanol–water partition coefficient (Wildman–Crippen LogP) is 5.28. The minimum atomic E-state index is -0.246. The topological polar surface area (TPSA) is 45.6 Å². The van der Waals surface area contributed by atoms with Crippen LogP contribution in [0.5, 0.6) is 0 Å². The molecule has 0 saturated carbocycles. The van der Waals surface area contributed by atoms with Gasteiger partial charge in [-0.3, -0.25) is 4.79 Å². The standard InChI is InChI=1S/C19H11Cl2N3OS/c20-14-7-6-13(15(21)11-14)10-16-18(25)24(19-22-8-9-26-19)17(23-16)12-4-2-1-3-5-12/h1-11H. The summed E-state index contributed by atoms with van der Waals surface area (Å²) in [7, 11) is 0. The van der Waals surface area contributed by atoms with Crippen LogP contribution in [0.25, 0.3) is 6.08 Å². The number of aromatic nitrogens is 1. The van der Waals surface area contributed by atoms with Crippen LogP contribution >= 0.6 is 34.5 Å². The largest absolute Gasteiger partial charge is 0.284 e. The summed E-state index contributed by atoms with van der Waals surface area (Å²) < 4.78 is 0. The maximum atomic E-state index is 13.0. The van der Waals surface area contributed by atoms with Gasteiger partial charge < -0.3 is 0 Å². The summed E-state index contributed by atoms with van der Waals surface area (Å²) >= 11 is 13.6. The SMILES string of the molecule is O=C1C(=Cc2ccc(Cl)cc2Cl)N=C(c2ccccc2)N1c1nccs1. The number of thiazole rings is 1. The minimum Gasteiger partial charge on any atom is -0.266 e. The molecule has 0 radical (unpaired) electrons. The van der Waals surface area contributed by atoms with Crippen molar-refractivity contribution in [2.75, 3.05) is 4.90 Å². The lowest BCUT2D eigenvalue weighted by Crippen LogP contribution is -2.32. The Morgan fingerprint density at radius 3 is 2.58 bits per heavy atom. The molecular formula is C19H11Cl2N3OS. The molecule has 7 heteroatoms. The van der Waals surface area contributed by atoms with Gasteiger partial charge in [-0.15, -0.1) is 11.3 Å². The molecule has 0 spiro atoms. The molecule has 1 aliphatic heterocycles. The molecule has 0 N–H and O–H groups in total. The van der Waals surface area contributed by atoms with Gasteiger partial charge in [-0.2, -0.15) is 0 Å². The Hall–Kier alpha value is -2.47. The molecule has 26 heavy (non-hydrogen) atoms. The summed E-state index contributed by atoms with van der Waals surface area (Å²) in [6, 6.07) is 14.7. The lowest BCUT2D eigenvalue weighted by atomic mass is 10.2. The smallest absolute Gasteiger partial charge is 0.266 e.